The van der Waals surface area contributed by atoms with Crippen LogP contribution < -0.4 is 5.32 Å². The molecule has 0 saturated heterocycles. The van der Waals surface area contributed by atoms with Crippen LogP contribution in [-0.2, 0) is 0 Å². The third-order valence-corrected chi connectivity index (χ3v) is 4.88. The number of aliphatic imine (C=N–C) groups is 1. The summed E-state index contributed by atoms with van der Waals surface area (Å²) in [5.74, 6) is 1.01. The molecule has 0 aliphatic carbocycles. The summed E-state index contributed by atoms with van der Waals surface area (Å²) in [5.41, 5.74) is 1.64. The monoisotopic (exact) mass is 323 g/mol. The van der Waals surface area contributed by atoms with E-state index in [9.17, 15) is 0 Å². The number of rotatable bonds is 2. The van der Waals surface area contributed by atoms with E-state index in [0.29, 0.717) is 5.56 Å². The maximum Gasteiger partial charge on any atom is 0.161 e. The molecule has 0 radical (unpaired) electrons. The SMILES string of the molecule is CCC1(C)CSC(Nc2ccc(C#N)cc2Br)=N1. The van der Waals surface area contributed by atoms with Crippen LogP contribution in [-0.4, -0.2) is 16.5 Å². The fourth-order valence-electron chi connectivity index (χ4n) is 1.58. The third kappa shape index (κ3) is 2.88. The first kappa shape index (κ1) is 13.4. The van der Waals surface area contributed by atoms with Crippen molar-refractivity contribution in [2.75, 3.05) is 11.1 Å². The molecule has 0 fully saturated rings. The summed E-state index contributed by atoms with van der Waals surface area (Å²) in [6.07, 6.45) is 1.04. The Morgan fingerprint density at radius 1 is 1.61 bits per heavy atom. The van der Waals surface area contributed by atoms with E-state index in [4.69, 9.17) is 10.3 Å². The van der Waals surface area contributed by atoms with Gasteiger partial charge in [0.2, 0.25) is 0 Å². The summed E-state index contributed by atoms with van der Waals surface area (Å²) >= 11 is 5.20. The number of halogens is 1. The average Bonchev–Trinajstić information content (AvgIpc) is 2.74. The van der Waals surface area contributed by atoms with Crippen LogP contribution in [0.25, 0.3) is 0 Å². The van der Waals surface area contributed by atoms with Crippen molar-refractivity contribution in [3.05, 3.63) is 28.2 Å². The summed E-state index contributed by atoms with van der Waals surface area (Å²) in [6, 6.07) is 7.62. The van der Waals surface area contributed by atoms with Crippen molar-refractivity contribution in [3.63, 3.8) is 0 Å². The van der Waals surface area contributed by atoms with Gasteiger partial charge in [-0.25, -0.2) is 0 Å². The van der Waals surface area contributed by atoms with Crippen LogP contribution in [0.4, 0.5) is 5.69 Å². The van der Waals surface area contributed by atoms with E-state index in [1.807, 2.05) is 12.1 Å². The summed E-state index contributed by atoms with van der Waals surface area (Å²) in [4.78, 5) is 4.70. The summed E-state index contributed by atoms with van der Waals surface area (Å²) in [7, 11) is 0. The predicted molar refractivity (Wildman–Crippen MR) is 81.1 cm³/mol. The van der Waals surface area contributed by atoms with E-state index in [-0.39, 0.29) is 5.54 Å². The molecule has 18 heavy (non-hydrogen) atoms. The summed E-state index contributed by atoms with van der Waals surface area (Å²) < 4.78 is 0.884. The van der Waals surface area contributed by atoms with Crippen molar-refractivity contribution in [1.82, 2.24) is 0 Å². The summed E-state index contributed by atoms with van der Waals surface area (Å²) in [6.45, 7) is 4.33. The van der Waals surface area contributed by atoms with Gasteiger partial charge in [0, 0.05) is 10.2 Å². The van der Waals surface area contributed by atoms with Crippen molar-refractivity contribution in [2.45, 2.75) is 25.8 Å². The van der Waals surface area contributed by atoms with E-state index >= 15 is 0 Å². The van der Waals surface area contributed by atoms with Crippen molar-refractivity contribution < 1.29 is 0 Å². The molecule has 1 heterocycles. The normalized spacial score (nSPS) is 22.4. The molecule has 1 unspecified atom stereocenters. The number of amidine groups is 1. The average molecular weight is 324 g/mol. The van der Waals surface area contributed by atoms with Gasteiger partial charge in [-0.3, -0.25) is 4.99 Å². The fourth-order valence-corrected chi connectivity index (χ4v) is 3.24. The van der Waals surface area contributed by atoms with Crippen LogP contribution in [0.1, 0.15) is 25.8 Å². The highest BCUT2D eigenvalue weighted by Gasteiger charge is 2.28. The lowest BCUT2D eigenvalue weighted by Crippen LogP contribution is -2.20. The molecule has 0 amide bonds. The van der Waals surface area contributed by atoms with Crippen LogP contribution in [0.5, 0.6) is 0 Å². The fraction of sp³-hybridized carbons (Fsp3) is 0.385. The van der Waals surface area contributed by atoms with Gasteiger partial charge in [-0.15, -0.1) is 0 Å². The van der Waals surface area contributed by atoms with Crippen molar-refractivity contribution in [3.8, 4) is 6.07 Å². The minimum atomic E-state index is 0.0477. The Bertz CT molecular complexity index is 536. The molecule has 0 aromatic heterocycles. The van der Waals surface area contributed by atoms with Crippen LogP contribution in [0.3, 0.4) is 0 Å². The number of nitrogens with one attached hydrogen (secondary N) is 1. The Hall–Kier alpha value is -0.990. The molecular weight excluding hydrogens is 310 g/mol. The highest BCUT2D eigenvalue weighted by Crippen LogP contribution is 2.32. The minimum absolute atomic E-state index is 0.0477. The molecule has 1 N–H and O–H groups in total. The molecule has 2 rings (SSSR count). The third-order valence-electron chi connectivity index (χ3n) is 2.99. The van der Waals surface area contributed by atoms with Crippen LogP contribution in [0, 0.1) is 11.3 Å². The smallest absolute Gasteiger partial charge is 0.161 e. The van der Waals surface area contributed by atoms with Crippen LogP contribution >= 0.6 is 27.7 Å². The molecule has 0 spiro atoms. The van der Waals surface area contributed by atoms with Gasteiger partial charge in [-0.2, -0.15) is 5.26 Å². The van der Waals surface area contributed by atoms with Gasteiger partial charge in [0.25, 0.3) is 0 Å². The van der Waals surface area contributed by atoms with Gasteiger partial charge < -0.3 is 5.32 Å². The number of anilines is 1. The first-order valence-electron chi connectivity index (χ1n) is 5.75. The molecule has 1 aromatic carbocycles. The Kier molecular flexibility index (Phi) is 3.98. The van der Waals surface area contributed by atoms with Gasteiger partial charge in [-0.1, -0.05) is 18.7 Å². The zero-order chi connectivity index (χ0) is 13.2. The summed E-state index contributed by atoms with van der Waals surface area (Å²) in [5, 5.41) is 13.1. The lowest BCUT2D eigenvalue weighted by molar-refractivity contribution is 0.523. The minimum Gasteiger partial charge on any atom is -0.334 e. The Morgan fingerprint density at radius 2 is 2.39 bits per heavy atom. The van der Waals surface area contributed by atoms with Crippen LogP contribution in [0.2, 0.25) is 0 Å². The van der Waals surface area contributed by atoms with E-state index in [1.165, 1.54) is 0 Å². The molecule has 94 valence electrons. The zero-order valence-electron chi connectivity index (χ0n) is 10.3. The number of hydrogen-bond acceptors (Lipinski definition) is 4. The Balaban J connectivity index is 2.17. The maximum atomic E-state index is 8.82. The Labute approximate surface area is 120 Å². The maximum absolute atomic E-state index is 8.82. The zero-order valence-corrected chi connectivity index (χ0v) is 12.7. The van der Waals surface area contributed by atoms with Crippen molar-refractivity contribution in [2.24, 2.45) is 4.99 Å². The molecule has 1 aliphatic rings. The molecule has 0 bridgehead atoms. The second kappa shape index (κ2) is 5.33. The second-order valence-electron chi connectivity index (χ2n) is 4.49. The number of nitrogens with zero attached hydrogens (tertiary/aromatic N) is 2. The quantitative estimate of drug-likeness (QED) is 0.894. The number of nitriles is 1. The van der Waals surface area contributed by atoms with Crippen LogP contribution in [0.15, 0.2) is 27.7 Å². The van der Waals surface area contributed by atoms with Gasteiger partial charge in [0.15, 0.2) is 5.17 Å². The van der Waals surface area contributed by atoms with Gasteiger partial charge in [0.05, 0.1) is 22.9 Å². The first-order chi connectivity index (χ1) is 8.56. The highest BCUT2D eigenvalue weighted by atomic mass is 79.9. The molecule has 1 aromatic rings. The van der Waals surface area contributed by atoms with Crippen molar-refractivity contribution in [1.29, 1.82) is 5.26 Å². The molecule has 0 saturated carbocycles. The standard InChI is InChI=1S/C13H14BrN3S/c1-3-13(2)8-18-12(17-13)16-11-5-4-9(7-15)6-10(11)14/h4-6H,3,8H2,1-2H3,(H,16,17). The van der Waals surface area contributed by atoms with Gasteiger partial charge in [-0.05, 0) is 47.5 Å². The first-order valence-corrected chi connectivity index (χ1v) is 7.53. The van der Waals surface area contributed by atoms with Gasteiger partial charge in [0.1, 0.15) is 0 Å². The second-order valence-corrected chi connectivity index (χ2v) is 6.31. The van der Waals surface area contributed by atoms with E-state index in [1.54, 1.807) is 17.8 Å². The highest BCUT2D eigenvalue weighted by molar-refractivity contribution is 9.10. The predicted octanol–water partition coefficient (Wildman–Crippen LogP) is 4.00. The number of hydrogen-bond donors (Lipinski definition) is 1. The van der Waals surface area contributed by atoms with E-state index in [0.717, 1.165) is 27.5 Å². The molecule has 5 heteroatoms. The largest absolute Gasteiger partial charge is 0.334 e. The van der Waals surface area contributed by atoms with Gasteiger partial charge >= 0.3 is 0 Å². The lowest BCUT2D eigenvalue weighted by Gasteiger charge is -2.15. The van der Waals surface area contributed by atoms with E-state index in [2.05, 4.69) is 41.2 Å². The molecular formula is C13H14BrN3S. The molecule has 1 atom stereocenters. The van der Waals surface area contributed by atoms with E-state index < -0.39 is 0 Å². The lowest BCUT2D eigenvalue weighted by atomic mass is 10.0. The van der Waals surface area contributed by atoms with Crippen molar-refractivity contribution >= 4 is 38.5 Å². The number of benzene rings is 1. The Morgan fingerprint density at radius 3 is 2.94 bits per heavy atom. The topological polar surface area (TPSA) is 48.2 Å². The molecule has 1 aliphatic heterocycles. The molecule has 3 nitrogen and oxygen atoms in total. The number of thioether (sulfide) groups is 1.